The average Bonchev–Trinajstić information content (AvgIpc) is 3.01. The highest BCUT2D eigenvalue weighted by Crippen LogP contribution is 2.24. The summed E-state index contributed by atoms with van der Waals surface area (Å²) in [5.74, 6) is 0.0512. The first-order chi connectivity index (χ1) is 11.0. The van der Waals surface area contributed by atoms with Crippen LogP contribution in [0.15, 0.2) is 39.5 Å². The first-order valence-corrected chi connectivity index (χ1v) is 8.74. The third-order valence-electron chi connectivity index (χ3n) is 3.81. The van der Waals surface area contributed by atoms with Crippen LogP contribution in [0.1, 0.15) is 10.4 Å². The van der Waals surface area contributed by atoms with Crippen molar-refractivity contribution in [1.29, 1.82) is 0 Å². The van der Waals surface area contributed by atoms with E-state index in [1.165, 1.54) is 23.5 Å². The number of halogens is 1. The smallest absolute Gasteiger partial charge is 0.269 e. The Morgan fingerprint density at radius 2 is 1.83 bits per heavy atom. The largest absolute Gasteiger partial charge is 0.368 e. The molecular weight excluding hydrogens is 382 g/mol. The number of amides is 1. The van der Waals surface area contributed by atoms with Gasteiger partial charge in [-0.2, -0.15) is 0 Å². The zero-order valence-corrected chi connectivity index (χ0v) is 14.5. The van der Waals surface area contributed by atoms with Gasteiger partial charge >= 0.3 is 0 Å². The van der Waals surface area contributed by atoms with Crippen molar-refractivity contribution in [2.45, 2.75) is 0 Å². The van der Waals surface area contributed by atoms with E-state index in [0.29, 0.717) is 18.7 Å². The molecule has 1 aliphatic heterocycles. The highest BCUT2D eigenvalue weighted by molar-refractivity contribution is 9.11. The Morgan fingerprint density at radius 3 is 2.35 bits per heavy atom. The van der Waals surface area contributed by atoms with E-state index in [0.717, 1.165) is 22.6 Å². The summed E-state index contributed by atoms with van der Waals surface area (Å²) < 4.78 is 0.949. The molecule has 1 saturated heterocycles. The number of carbonyl (C=O) groups excluding carboxylic acids is 1. The van der Waals surface area contributed by atoms with Crippen molar-refractivity contribution in [1.82, 2.24) is 4.90 Å². The first kappa shape index (κ1) is 15.9. The summed E-state index contributed by atoms with van der Waals surface area (Å²) in [6.07, 6.45) is 0. The van der Waals surface area contributed by atoms with Crippen LogP contribution in [-0.2, 0) is 0 Å². The maximum atomic E-state index is 12.4. The lowest BCUT2D eigenvalue weighted by Gasteiger charge is -2.36. The van der Waals surface area contributed by atoms with E-state index in [9.17, 15) is 14.9 Å². The number of carbonyl (C=O) groups is 1. The molecule has 0 N–H and O–H groups in total. The minimum absolute atomic E-state index is 0.0512. The van der Waals surface area contributed by atoms with Crippen LogP contribution in [0.2, 0.25) is 0 Å². The predicted molar refractivity (Wildman–Crippen MR) is 93.2 cm³/mol. The molecule has 1 amide bonds. The summed E-state index contributed by atoms with van der Waals surface area (Å²) in [4.78, 5) is 26.7. The summed E-state index contributed by atoms with van der Waals surface area (Å²) in [7, 11) is 0. The van der Waals surface area contributed by atoms with Gasteiger partial charge in [0.15, 0.2) is 0 Å². The number of hydrogen-bond donors (Lipinski definition) is 0. The van der Waals surface area contributed by atoms with E-state index < -0.39 is 4.92 Å². The van der Waals surface area contributed by atoms with Gasteiger partial charge < -0.3 is 9.80 Å². The van der Waals surface area contributed by atoms with Gasteiger partial charge in [-0.15, -0.1) is 11.3 Å². The predicted octanol–water partition coefficient (Wildman–Crippen LogP) is 3.38. The second-order valence-electron chi connectivity index (χ2n) is 5.19. The fourth-order valence-electron chi connectivity index (χ4n) is 2.56. The van der Waals surface area contributed by atoms with Crippen molar-refractivity contribution in [3.8, 4) is 0 Å². The van der Waals surface area contributed by atoms with E-state index >= 15 is 0 Å². The SMILES string of the molecule is O=C(c1csc(Br)c1)N1CCN(c2ccc([N+](=O)[O-])cc2)CC1. The van der Waals surface area contributed by atoms with Gasteiger partial charge in [0, 0.05) is 49.4 Å². The third-order valence-corrected chi connectivity index (χ3v) is 5.31. The maximum absolute atomic E-state index is 12.4. The monoisotopic (exact) mass is 395 g/mol. The minimum Gasteiger partial charge on any atom is -0.368 e. The summed E-state index contributed by atoms with van der Waals surface area (Å²) in [6, 6.07) is 8.37. The molecule has 0 saturated carbocycles. The molecule has 6 nitrogen and oxygen atoms in total. The molecule has 0 radical (unpaired) electrons. The molecule has 0 atom stereocenters. The Morgan fingerprint density at radius 1 is 1.17 bits per heavy atom. The van der Waals surface area contributed by atoms with Crippen molar-refractivity contribution in [3.05, 3.63) is 55.2 Å². The molecule has 8 heteroatoms. The topological polar surface area (TPSA) is 66.7 Å². The van der Waals surface area contributed by atoms with Crippen LogP contribution in [0.4, 0.5) is 11.4 Å². The van der Waals surface area contributed by atoms with E-state index in [1.54, 1.807) is 12.1 Å². The Hall–Kier alpha value is -1.93. The number of piperazine rings is 1. The molecule has 2 heterocycles. The maximum Gasteiger partial charge on any atom is 0.269 e. The second-order valence-corrected chi connectivity index (χ2v) is 7.48. The number of thiophene rings is 1. The summed E-state index contributed by atoms with van der Waals surface area (Å²) in [5.41, 5.74) is 1.75. The number of anilines is 1. The van der Waals surface area contributed by atoms with Gasteiger partial charge in [0.2, 0.25) is 0 Å². The second kappa shape index (κ2) is 6.67. The van der Waals surface area contributed by atoms with Crippen LogP contribution in [0.25, 0.3) is 0 Å². The van der Waals surface area contributed by atoms with E-state index in [4.69, 9.17) is 0 Å². The lowest BCUT2D eigenvalue weighted by atomic mass is 10.2. The highest BCUT2D eigenvalue weighted by atomic mass is 79.9. The van der Waals surface area contributed by atoms with Crippen LogP contribution in [0.3, 0.4) is 0 Å². The molecule has 1 aromatic carbocycles. The fourth-order valence-corrected chi connectivity index (χ4v) is 3.69. The number of non-ortho nitro benzene ring substituents is 1. The Bertz CT molecular complexity index is 724. The van der Waals surface area contributed by atoms with Crippen LogP contribution in [-0.4, -0.2) is 41.9 Å². The Labute approximate surface area is 145 Å². The molecule has 0 aliphatic carbocycles. The summed E-state index contributed by atoms with van der Waals surface area (Å²) in [6.45, 7) is 2.72. The van der Waals surface area contributed by atoms with Gasteiger partial charge in [-0.3, -0.25) is 14.9 Å². The molecule has 0 spiro atoms. The zero-order chi connectivity index (χ0) is 16.4. The normalized spacial score (nSPS) is 14.8. The average molecular weight is 396 g/mol. The molecular formula is C15H14BrN3O3S. The van der Waals surface area contributed by atoms with E-state index in [2.05, 4.69) is 20.8 Å². The lowest BCUT2D eigenvalue weighted by Crippen LogP contribution is -2.48. The van der Waals surface area contributed by atoms with E-state index in [-0.39, 0.29) is 11.6 Å². The van der Waals surface area contributed by atoms with Gasteiger partial charge in [-0.25, -0.2) is 0 Å². The first-order valence-electron chi connectivity index (χ1n) is 7.07. The van der Waals surface area contributed by atoms with Crippen LogP contribution in [0.5, 0.6) is 0 Å². The van der Waals surface area contributed by atoms with Crippen molar-refractivity contribution in [3.63, 3.8) is 0 Å². The Balaban J connectivity index is 1.61. The van der Waals surface area contributed by atoms with Gasteiger partial charge in [0.05, 0.1) is 14.3 Å². The van der Waals surface area contributed by atoms with Crippen molar-refractivity contribution in [2.75, 3.05) is 31.1 Å². The van der Waals surface area contributed by atoms with Crippen molar-refractivity contribution < 1.29 is 9.72 Å². The van der Waals surface area contributed by atoms with Gasteiger partial charge in [-0.05, 0) is 34.1 Å². The number of nitro benzene ring substituents is 1. The summed E-state index contributed by atoms with van der Waals surface area (Å²) in [5, 5.41) is 12.5. The molecule has 1 aromatic heterocycles. The van der Waals surface area contributed by atoms with Crippen LogP contribution < -0.4 is 4.90 Å². The molecule has 23 heavy (non-hydrogen) atoms. The van der Waals surface area contributed by atoms with Gasteiger partial charge in [-0.1, -0.05) is 0 Å². The standard InChI is InChI=1S/C15H14BrN3O3S/c16-14-9-11(10-23-14)15(20)18-7-5-17(6-8-18)12-1-3-13(4-2-12)19(21)22/h1-4,9-10H,5-8H2. The zero-order valence-electron chi connectivity index (χ0n) is 12.1. The van der Waals surface area contributed by atoms with E-state index in [1.807, 2.05) is 16.3 Å². The van der Waals surface area contributed by atoms with Gasteiger partial charge in [0.1, 0.15) is 0 Å². The molecule has 120 valence electrons. The number of benzene rings is 1. The number of hydrogen-bond acceptors (Lipinski definition) is 5. The Kier molecular flexibility index (Phi) is 4.63. The van der Waals surface area contributed by atoms with Crippen LogP contribution >= 0.6 is 27.3 Å². The highest BCUT2D eigenvalue weighted by Gasteiger charge is 2.23. The quantitative estimate of drug-likeness (QED) is 0.589. The molecule has 3 rings (SSSR count). The fraction of sp³-hybridized carbons (Fsp3) is 0.267. The van der Waals surface area contributed by atoms with Crippen molar-refractivity contribution >= 4 is 44.5 Å². The molecule has 1 aliphatic rings. The number of nitro groups is 1. The van der Waals surface area contributed by atoms with Crippen molar-refractivity contribution in [2.24, 2.45) is 0 Å². The lowest BCUT2D eigenvalue weighted by molar-refractivity contribution is -0.384. The third kappa shape index (κ3) is 3.53. The van der Waals surface area contributed by atoms with Crippen LogP contribution in [0, 0.1) is 10.1 Å². The summed E-state index contributed by atoms with van der Waals surface area (Å²) >= 11 is 4.87. The molecule has 2 aromatic rings. The molecule has 0 unspecified atom stereocenters. The van der Waals surface area contributed by atoms with Gasteiger partial charge in [0.25, 0.3) is 11.6 Å². The number of nitrogens with zero attached hydrogens (tertiary/aromatic N) is 3. The number of rotatable bonds is 3. The molecule has 1 fully saturated rings. The minimum atomic E-state index is -0.403. The molecule has 0 bridgehead atoms.